The van der Waals surface area contributed by atoms with E-state index in [1.54, 1.807) is 24.3 Å². The molecule has 0 saturated carbocycles. The minimum atomic E-state index is -0.497. The number of pyridine rings is 1. The van der Waals surface area contributed by atoms with Gasteiger partial charge in [0, 0.05) is 17.3 Å². The maximum absolute atomic E-state index is 11.0. The fourth-order valence-corrected chi connectivity index (χ4v) is 2.72. The highest BCUT2D eigenvalue weighted by atomic mass is 35.5. The van der Waals surface area contributed by atoms with E-state index in [4.69, 9.17) is 11.6 Å². The topological polar surface area (TPSA) is 99.6 Å². The molecule has 110 valence electrons. The lowest BCUT2D eigenvalue weighted by Gasteiger charge is -2.04. The third kappa shape index (κ3) is 2.90. The van der Waals surface area contributed by atoms with Crippen LogP contribution in [0.3, 0.4) is 0 Å². The van der Waals surface area contributed by atoms with Crippen molar-refractivity contribution in [2.45, 2.75) is 10.2 Å². The second-order valence-corrected chi connectivity index (χ2v) is 5.43. The van der Waals surface area contributed by atoms with Gasteiger partial charge < -0.3 is 0 Å². The van der Waals surface area contributed by atoms with E-state index in [-0.39, 0.29) is 10.7 Å². The quantitative estimate of drug-likeness (QED) is 0.534. The van der Waals surface area contributed by atoms with Crippen molar-refractivity contribution in [3.8, 4) is 5.69 Å². The zero-order chi connectivity index (χ0) is 15.5. The van der Waals surface area contributed by atoms with Gasteiger partial charge in [-0.3, -0.25) is 10.1 Å². The van der Waals surface area contributed by atoms with Crippen molar-refractivity contribution in [1.29, 1.82) is 0 Å². The summed E-state index contributed by atoms with van der Waals surface area (Å²) in [6.45, 7) is 0. The molecule has 0 amide bonds. The molecular weight excluding hydrogens is 328 g/mol. The minimum absolute atomic E-state index is 0.104. The first-order valence-corrected chi connectivity index (χ1v) is 7.16. The number of nitro groups is 1. The van der Waals surface area contributed by atoms with Gasteiger partial charge in [-0.25, -0.2) is 4.98 Å². The lowest BCUT2D eigenvalue weighted by Crippen LogP contribution is -2.00. The Morgan fingerprint density at radius 1 is 1.27 bits per heavy atom. The number of tetrazole rings is 1. The van der Waals surface area contributed by atoms with Gasteiger partial charge in [-0.1, -0.05) is 17.7 Å². The van der Waals surface area contributed by atoms with E-state index in [2.05, 4.69) is 20.5 Å². The summed E-state index contributed by atoms with van der Waals surface area (Å²) >= 11 is 6.96. The van der Waals surface area contributed by atoms with Crippen LogP contribution >= 0.6 is 23.4 Å². The molecule has 8 nitrogen and oxygen atoms in total. The molecule has 0 saturated heterocycles. The average molecular weight is 335 g/mol. The van der Waals surface area contributed by atoms with Crippen molar-refractivity contribution < 1.29 is 4.92 Å². The normalized spacial score (nSPS) is 10.6. The van der Waals surface area contributed by atoms with Crippen LogP contribution in [0.25, 0.3) is 5.69 Å². The second kappa shape index (κ2) is 6.08. The van der Waals surface area contributed by atoms with Crippen LogP contribution in [0.4, 0.5) is 5.69 Å². The number of halogens is 1. The molecule has 10 heteroatoms. The maximum Gasteiger partial charge on any atom is 0.301 e. The summed E-state index contributed by atoms with van der Waals surface area (Å²) in [6, 6.07) is 9.84. The summed E-state index contributed by atoms with van der Waals surface area (Å²) in [5.41, 5.74) is 0.548. The van der Waals surface area contributed by atoms with Crippen molar-refractivity contribution in [2.24, 2.45) is 0 Å². The van der Waals surface area contributed by atoms with Crippen LogP contribution in [-0.4, -0.2) is 30.1 Å². The van der Waals surface area contributed by atoms with Gasteiger partial charge in [-0.15, -0.1) is 5.10 Å². The van der Waals surface area contributed by atoms with Crippen LogP contribution in [0, 0.1) is 10.1 Å². The fourth-order valence-electron chi connectivity index (χ4n) is 1.70. The predicted octanol–water partition coefficient (Wildman–Crippen LogP) is 2.77. The number of nitrogens with zero attached hydrogens (tertiary/aromatic N) is 6. The predicted molar refractivity (Wildman–Crippen MR) is 79.2 cm³/mol. The molecule has 0 aliphatic carbocycles. The molecule has 0 aliphatic rings. The molecule has 0 fully saturated rings. The smallest absolute Gasteiger partial charge is 0.258 e. The van der Waals surface area contributed by atoms with E-state index in [1.807, 2.05) is 0 Å². The van der Waals surface area contributed by atoms with Crippen LogP contribution < -0.4 is 0 Å². The van der Waals surface area contributed by atoms with E-state index in [9.17, 15) is 10.1 Å². The van der Waals surface area contributed by atoms with Gasteiger partial charge in [0.1, 0.15) is 0 Å². The Morgan fingerprint density at radius 2 is 2.14 bits per heavy atom. The SMILES string of the molecule is O=[N+]([O-])c1cccnc1Sc1nnnn1-c1cccc(Cl)c1. The Morgan fingerprint density at radius 3 is 2.91 bits per heavy atom. The lowest BCUT2D eigenvalue weighted by atomic mass is 10.3. The Balaban J connectivity index is 1.99. The van der Waals surface area contributed by atoms with Crippen LogP contribution in [-0.2, 0) is 0 Å². The molecule has 0 spiro atoms. The molecule has 0 unspecified atom stereocenters. The van der Waals surface area contributed by atoms with Crippen LogP contribution in [0.1, 0.15) is 0 Å². The summed E-state index contributed by atoms with van der Waals surface area (Å²) in [5, 5.41) is 23.5. The Kier molecular flexibility index (Phi) is 3.98. The Labute approximate surface area is 133 Å². The molecule has 0 atom stereocenters. The molecule has 0 aliphatic heterocycles. The van der Waals surface area contributed by atoms with Gasteiger partial charge in [-0.2, -0.15) is 4.68 Å². The zero-order valence-electron chi connectivity index (χ0n) is 10.8. The third-order valence-electron chi connectivity index (χ3n) is 2.63. The molecule has 22 heavy (non-hydrogen) atoms. The first-order chi connectivity index (χ1) is 10.6. The molecule has 0 N–H and O–H groups in total. The summed E-state index contributed by atoms with van der Waals surface area (Å²) in [7, 11) is 0. The van der Waals surface area contributed by atoms with Crippen molar-refractivity contribution in [1.82, 2.24) is 25.2 Å². The first-order valence-electron chi connectivity index (χ1n) is 5.97. The summed E-state index contributed by atoms with van der Waals surface area (Å²) in [6.07, 6.45) is 1.48. The third-order valence-corrected chi connectivity index (χ3v) is 3.81. The lowest BCUT2D eigenvalue weighted by molar-refractivity contribution is -0.388. The molecule has 0 bridgehead atoms. The summed E-state index contributed by atoms with van der Waals surface area (Å²) in [5.74, 6) is 0. The standard InChI is InChI=1S/C12H7ClN6O2S/c13-8-3-1-4-9(7-8)18-12(15-16-17-18)22-11-10(19(20)21)5-2-6-14-11/h1-7H. The number of hydrogen-bond acceptors (Lipinski definition) is 7. The highest BCUT2D eigenvalue weighted by Crippen LogP contribution is 2.32. The molecule has 3 rings (SSSR count). The molecule has 1 aromatic carbocycles. The number of hydrogen-bond donors (Lipinski definition) is 0. The van der Waals surface area contributed by atoms with Crippen molar-refractivity contribution in [3.05, 3.63) is 57.7 Å². The van der Waals surface area contributed by atoms with Crippen molar-refractivity contribution >= 4 is 29.1 Å². The summed E-state index contributed by atoms with van der Waals surface area (Å²) < 4.78 is 1.44. The van der Waals surface area contributed by atoms with Crippen molar-refractivity contribution in [3.63, 3.8) is 0 Å². The maximum atomic E-state index is 11.0. The average Bonchev–Trinajstić information content (AvgIpc) is 2.96. The van der Waals surface area contributed by atoms with Gasteiger partial charge in [-0.05, 0) is 46.5 Å². The molecule has 2 heterocycles. The Bertz CT molecular complexity index is 840. The van der Waals surface area contributed by atoms with E-state index in [1.165, 1.54) is 23.0 Å². The van der Waals surface area contributed by atoms with E-state index in [0.29, 0.717) is 15.9 Å². The molecular formula is C12H7ClN6O2S. The van der Waals surface area contributed by atoms with E-state index < -0.39 is 4.92 Å². The van der Waals surface area contributed by atoms with Gasteiger partial charge in [0.25, 0.3) is 0 Å². The van der Waals surface area contributed by atoms with E-state index in [0.717, 1.165) is 11.8 Å². The van der Waals surface area contributed by atoms with Crippen LogP contribution in [0.2, 0.25) is 5.02 Å². The van der Waals surface area contributed by atoms with Crippen molar-refractivity contribution in [2.75, 3.05) is 0 Å². The van der Waals surface area contributed by atoms with Gasteiger partial charge in [0.2, 0.25) is 5.16 Å². The Hall–Kier alpha value is -2.52. The highest BCUT2D eigenvalue weighted by Gasteiger charge is 2.19. The number of aromatic nitrogens is 5. The first kappa shape index (κ1) is 14.4. The van der Waals surface area contributed by atoms with Gasteiger partial charge >= 0.3 is 5.69 Å². The zero-order valence-corrected chi connectivity index (χ0v) is 12.4. The van der Waals surface area contributed by atoms with Gasteiger partial charge in [0.05, 0.1) is 10.6 Å². The number of rotatable bonds is 4. The number of benzene rings is 1. The highest BCUT2D eigenvalue weighted by molar-refractivity contribution is 7.99. The second-order valence-electron chi connectivity index (χ2n) is 4.04. The van der Waals surface area contributed by atoms with E-state index >= 15 is 0 Å². The van der Waals surface area contributed by atoms with Crippen LogP contribution in [0.5, 0.6) is 0 Å². The molecule has 0 radical (unpaired) electrons. The monoisotopic (exact) mass is 334 g/mol. The minimum Gasteiger partial charge on any atom is -0.258 e. The van der Waals surface area contributed by atoms with Gasteiger partial charge in [0.15, 0.2) is 5.03 Å². The molecule has 2 aromatic heterocycles. The summed E-state index contributed by atoms with van der Waals surface area (Å²) in [4.78, 5) is 14.5. The molecule has 3 aromatic rings. The van der Waals surface area contributed by atoms with Crippen LogP contribution in [0.15, 0.2) is 52.8 Å². The largest absolute Gasteiger partial charge is 0.301 e. The fraction of sp³-hybridized carbons (Fsp3) is 0.